The molecule has 0 heterocycles. The zero-order valence-corrected chi connectivity index (χ0v) is 25.9. The smallest absolute Gasteiger partial charge is 0.130 e. The second-order valence-electron chi connectivity index (χ2n) is 16.6. The molecule has 0 aromatic heterocycles. The van der Waals surface area contributed by atoms with E-state index in [-0.39, 0.29) is 0 Å². The minimum atomic E-state index is 0.488. The van der Waals surface area contributed by atoms with Gasteiger partial charge in [-0.25, -0.2) is 0 Å². The van der Waals surface area contributed by atoms with Gasteiger partial charge in [-0.1, -0.05) is 24.3 Å². The van der Waals surface area contributed by atoms with E-state index in [1.165, 1.54) is 78.8 Å². The normalized spacial score (nSPS) is 48.8. The fourth-order valence-corrected chi connectivity index (χ4v) is 16.1. The number of hydrogen-bond donors (Lipinski definition) is 0. The van der Waals surface area contributed by atoms with E-state index >= 15 is 0 Å². The third-order valence-corrected chi connectivity index (χ3v) is 16.4. The highest BCUT2D eigenvalue weighted by Crippen LogP contribution is 2.79. The molecule has 2 aromatic rings. The molecule has 0 saturated heterocycles. The van der Waals surface area contributed by atoms with E-state index < -0.39 is 0 Å². The Morgan fingerprint density at radius 3 is 1.32 bits per heavy atom. The lowest BCUT2D eigenvalue weighted by molar-refractivity contribution is -0.0610. The Labute approximate surface area is 260 Å². The van der Waals surface area contributed by atoms with Crippen LogP contribution in [0.2, 0.25) is 0 Å². The summed E-state index contributed by atoms with van der Waals surface area (Å²) in [7, 11) is 3.78. The second-order valence-corrected chi connectivity index (χ2v) is 16.6. The molecule has 8 saturated carbocycles. The average molecular weight is 583 g/mol. The molecule has 16 atom stereocenters. The summed E-state index contributed by atoms with van der Waals surface area (Å²) >= 11 is 0. The molecule has 0 amide bonds. The fourth-order valence-electron chi connectivity index (χ4n) is 16.1. The van der Waals surface area contributed by atoms with Gasteiger partial charge in [0.1, 0.15) is 29.2 Å². The molecule has 10 aliphatic carbocycles. The standard InChI is InChI=1S/C40H42N2O2/c1-43-39-18-5-3-4-6-19(18)40(44-2)38-23-10-9-22(37(38)39)35-30-14-31(36(23)35)27-12-25-24(11-26(27)30)28-13-29(25)34-21-8-7-20(33(28)34)32(21)17(15-41)16-42/h3-6,20-31,33-36H,7-14H2,1-2H3/t20-,21+,22-,23+,24+,25-,26-,27+,28+,29-,30-,31+,33+,34-,35-,36+. The fraction of sp³-hybridized carbons (Fsp3) is 0.650. The lowest BCUT2D eigenvalue weighted by Gasteiger charge is -2.58. The van der Waals surface area contributed by atoms with E-state index in [2.05, 4.69) is 36.4 Å². The number of allylic oxidation sites excluding steroid dienone is 2. The van der Waals surface area contributed by atoms with Crippen LogP contribution in [0.15, 0.2) is 35.4 Å². The van der Waals surface area contributed by atoms with Crippen molar-refractivity contribution in [1.82, 2.24) is 0 Å². The lowest BCUT2D eigenvalue weighted by atomic mass is 9.46. The number of rotatable bonds is 2. The van der Waals surface area contributed by atoms with Gasteiger partial charge in [0, 0.05) is 21.9 Å². The molecular weight excluding hydrogens is 540 g/mol. The first kappa shape index (κ1) is 25.2. The highest BCUT2D eigenvalue weighted by molar-refractivity contribution is 5.97. The van der Waals surface area contributed by atoms with Gasteiger partial charge >= 0.3 is 0 Å². The van der Waals surface area contributed by atoms with E-state index in [1.54, 1.807) is 0 Å². The van der Waals surface area contributed by atoms with Crippen molar-refractivity contribution in [3.63, 3.8) is 0 Å². The van der Waals surface area contributed by atoms with Crippen molar-refractivity contribution in [1.29, 1.82) is 10.5 Å². The Balaban J connectivity index is 0.975. The summed E-state index contributed by atoms with van der Waals surface area (Å²) < 4.78 is 12.6. The monoisotopic (exact) mass is 582 g/mol. The van der Waals surface area contributed by atoms with E-state index in [9.17, 15) is 10.5 Å². The summed E-state index contributed by atoms with van der Waals surface area (Å²) in [5.41, 5.74) is 4.84. The van der Waals surface area contributed by atoms with Gasteiger partial charge in [0.25, 0.3) is 0 Å². The van der Waals surface area contributed by atoms with Gasteiger partial charge in [-0.15, -0.1) is 0 Å². The Bertz CT molecular complexity index is 1640. The van der Waals surface area contributed by atoms with E-state index in [0.29, 0.717) is 29.2 Å². The molecule has 0 spiro atoms. The van der Waals surface area contributed by atoms with Crippen LogP contribution in [0.4, 0.5) is 0 Å². The molecule has 0 aliphatic heterocycles. The number of fused-ring (bicyclic) bond motifs is 19. The molecule has 12 rings (SSSR count). The quantitative estimate of drug-likeness (QED) is 0.264. The molecule has 4 heteroatoms. The van der Waals surface area contributed by atoms with Crippen molar-refractivity contribution in [2.45, 2.75) is 63.2 Å². The molecule has 4 nitrogen and oxygen atoms in total. The number of nitrogens with zero attached hydrogens (tertiary/aromatic N) is 2. The van der Waals surface area contributed by atoms with Gasteiger partial charge in [-0.2, -0.15) is 10.5 Å². The first-order chi connectivity index (χ1) is 21.7. The molecule has 44 heavy (non-hydrogen) atoms. The Morgan fingerprint density at radius 2 is 0.932 bits per heavy atom. The molecule has 2 aromatic carbocycles. The Kier molecular flexibility index (Phi) is 4.84. The summed E-state index contributed by atoms with van der Waals surface area (Å²) in [5.74, 6) is 14.9. The van der Waals surface area contributed by atoms with Crippen molar-refractivity contribution in [2.24, 2.45) is 82.9 Å². The molecule has 8 bridgehead atoms. The molecule has 0 radical (unpaired) electrons. The summed E-state index contributed by atoms with van der Waals surface area (Å²) in [5, 5.41) is 22.1. The van der Waals surface area contributed by atoms with Crippen molar-refractivity contribution < 1.29 is 9.47 Å². The minimum absolute atomic E-state index is 0.488. The van der Waals surface area contributed by atoms with Gasteiger partial charge < -0.3 is 9.47 Å². The van der Waals surface area contributed by atoms with Crippen molar-refractivity contribution in [2.75, 3.05) is 14.2 Å². The number of nitriles is 2. The predicted molar refractivity (Wildman–Crippen MR) is 167 cm³/mol. The van der Waals surface area contributed by atoms with Gasteiger partial charge in [0.05, 0.1) is 14.2 Å². The maximum Gasteiger partial charge on any atom is 0.130 e. The molecule has 0 N–H and O–H groups in total. The first-order valence-electron chi connectivity index (χ1n) is 17.9. The number of benzene rings is 2. The first-order valence-corrected chi connectivity index (χ1v) is 17.9. The summed E-state index contributed by atoms with van der Waals surface area (Å²) in [4.78, 5) is 0. The molecule has 0 unspecified atom stereocenters. The van der Waals surface area contributed by atoms with Gasteiger partial charge in [-0.3, -0.25) is 0 Å². The number of hydrogen-bond acceptors (Lipinski definition) is 4. The van der Waals surface area contributed by atoms with E-state index in [1.807, 2.05) is 14.2 Å². The lowest BCUT2D eigenvalue weighted by Crippen LogP contribution is -2.51. The highest BCUT2D eigenvalue weighted by atomic mass is 16.5. The van der Waals surface area contributed by atoms with Gasteiger partial charge in [-0.05, 0) is 152 Å². The van der Waals surface area contributed by atoms with Crippen LogP contribution in [0, 0.1) is 106 Å². The molecule has 8 fully saturated rings. The predicted octanol–water partition coefficient (Wildman–Crippen LogP) is 8.24. The maximum atomic E-state index is 9.83. The summed E-state index contributed by atoms with van der Waals surface area (Å²) in [6.07, 6.45) is 11.0. The van der Waals surface area contributed by atoms with Crippen molar-refractivity contribution in [3.8, 4) is 23.6 Å². The van der Waals surface area contributed by atoms with Gasteiger partial charge in [0.2, 0.25) is 0 Å². The number of ether oxygens (including phenoxy) is 2. The third-order valence-electron chi connectivity index (χ3n) is 16.4. The van der Waals surface area contributed by atoms with Gasteiger partial charge in [0.15, 0.2) is 0 Å². The van der Waals surface area contributed by atoms with Crippen LogP contribution >= 0.6 is 0 Å². The Hall–Kier alpha value is -2.98. The topological polar surface area (TPSA) is 66.0 Å². The molecular formula is C40H42N2O2. The summed E-state index contributed by atoms with van der Waals surface area (Å²) in [6.45, 7) is 0. The average Bonchev–Trinajstić information content (AvgIpc) is 3.91. The second kappa shape index (κ2) is 8.43. The van der Waals surface area contributed by atoms with Crippen LogP contribution in [0.25, 0.3) is 10.8 Å². The largest absolute Gasteiger partial charge is 0.496 e. The van der Waals surface area contributed by atoms with Crippen LogP contribution in [0.5, 0.6) is 11.5 Å². The van der Waals surface area contributed by atoms with E-state index in [0.717, 1.165) is 82.5 Å². The molecule has 10 aliphatic rings. The Morgan fingerprint density at radius 1 is 0.568 bits per heavy atom. The summed E-state index contributed by atoms with van der Waals surface area (Å²) in [6, 6.07) is 13.4. The SMILES string of the molecule is COc1c2c(c(OC)c3ccccc13)[C@@H]1CC[C@H]2[C@H]2[C@H]3C[C@H]([C@@H]4C[C@H]5[C@@H](C[C@@H]43)[C@H]3C[C@@H]5[C@H]4[C@@H]3[C@H]3CC[C@@H]4C3=C(C#N)C#N)[C@H]21. The maximum absolute atomic E-state index is 9.83. The minimum Gasteiger partial charge on any atom is -0.496 e. The van der Waals surface area contributed by atoms with Crippen molar-refractivity contribution >= 4 is 10.8 Å². The van der Waals surface area contributed by atoms with Crippen LogP contribution in [0.1, 0.15) is 74.3 Å². The van der Waals surface area contributed by atoms with Crippen LogP contribution in [-0.4, -0.2) is 14.2 Å². The highest BCUT2D eigenvalue weighted by Gasteiger charge is 2.72. The van der Waals surface area contributed by atoms with Crippen LogP contribution in [-0.2, 0) is 0 Å². The molecule has 224 valence electrons. The van der Waals surface area contributed by atoms with Crippen LogP contribution < -0.4 is 9.47 Å². The van der Waals surface area contributed by atoms with Crippen molar-refractivity contribution in [3.05, 3.63) is 46.5 Å². The zero-order chi connectivity index (χ0) is 29.2. The number of methoxy groups -OCH3 is 2. The third kappa shape index (κ3) is 2.65. The van der Waals surface area contributed by atoms with E-state index in [4.69, 9.17) is 9.47 Å². The zero-order valence-electron chi connectivity index (χ0n) is 25.9. The van der Waals surface area contributed by atoms with Crippen LogP contribution in [0.3, 0.4) is 0 Å².